The molecule has 0 aliphatic carbocycles. The van der Waals surface area contributed by atoms with Crippen molar-refractivity contribution in [2.75, 3.05) is 0 Å². The third kappa shape index (κ3) is 3.19. The number of hydrazine groups is 1. The van der Waals surface area contributed by atoms with E-state index < -0.39 is 0 Å². The summed E-state index contributed by atoms with van der Waals surface area (Å²) >= 11 is 0. The smallest absolute Gasteiger partial charge is 0.0684 e. The summed E-state index contributed by atoms with van der Waals surface area (Å²) in [5.41, 5.74) is 6.11. The molecule has 0 spiro atoms. The van der Waals surface area contributed by atoms with Crippen molar-refractivity contribution in [1.29, 1.82) is 0 Å². The predicted octanol–water partition coefficient (Wildman–Crippen LogP) is 1.61. The minimum atomic E-state index is 0.0302. The molecule has 0 amide bonds. The molecule has 1 atom stereocenters. The van der Waals surface area contributed by atoms with Crippen molar-refractivity contribution >= 4 is 0 Å². The van der Waals surface area contributed by atoms with E-state index in [9.17, 15) is 0 Å². The second kappa shape index (κ2) is 6.45. The van der Waals surface area contributed by atoms with Gasteiger partial charge in [0.15, 0.2) is 0 Å². The number of aryl methyl sites for hydroxylation is 2. The lowest BCUT2D eigenvalue weighted by Gasteiger charge is -2.16. The Labute approximate surface area is 113 Å². The van der Waals surface area contributed by atoms with Gasteiger partial charge in [0.05, 0.1) is 17.4 Å². The Morgan fingerprint density at radius 3 is 2.74 bits per heavy atom. The molecule has 2 heterocycles. The highest BCUT2D eigenvalue weighted by molar-refractivity contribution is 5.17. The molecule has 0 bridgehead atoms. The SMILES string of the molecule is CCc1cc(C(Cc2ccccn2)NN)n(CC)n1. The molecule has 102 valence electrons. The number of aromatic nitrogens is 3. The van der Waals surface area contributed by atoms with Crippen molar-refractivity contribution in [3.05, 3.63) is 47.5 Å². The molecule has 2 aromatic rings. The Balaban J connectivity index is 2.24. The topological polar surface area (TPSA) is 68.8 Å². The number of hydrogen-bond donors (Lipinski definition) is 2. The van der Waals surface area contributed by atoms with E-state index >= 15 is 0 Å². The highest BCUT2D eigenvalue weighted by Gasteiger charge is 2.17. The molecule has 0 saturated carbocycles. The number of pyridine rings is 1. The molecule has 0 aromatic carbocycles. The van der Waals surface area contributed by atoms with Gasteiger partial charge in [-0.05, 0) is 31.5 Å². The second-order valence-electron chi connectivity index (χ2n) is 4.47. The zero-order valence-electron chi connectivity index (χ0n) is 11.5. The van der Waals surface area contributed by atoms with E-state index in [0.29, 0.717) is 0 Å². The van der Waals surface area contributed by atoms with Crippen LogP contribution in [0.5, 0.6) is 0 Å². The Bertz CT molecular complexity index is 506. The fraction of sp³-hybridized carbons (Fsp3) is 0.429. The third-order valence-corrected chi connectivity index (χ3v) is 3.22. The van der Waals surface area contributed by atoms with Gasteiger partial charge in [0.2, 0.25) is 0 Å². The summed E-state index contributed by atoms with van der Waals surface area (Å²) in [6, 6.07) is 8.07. The first-order valence-corrected chi connectivity index (χ1v) is 6.71. The summed E-state index contributed by atoms with van der Waals surface area (Å²) in [7, 11) is 0. The summed E-state index contributed by atoms with van der Waals surface area (Å²) in [6.07, 6.45) is 3.49. The maximum Gasteiger partial charge on any atom is 0.0684 e. The molecule has 19 heavy (non-hydrogen) atoms. The lowest BCUT2D eigenvalue weighted by atomic mass is 10.1. The molecular formula is C14H21N5. The monoisotopic (exact) mass is 259 g/mol. The average Bonchev–Trinajstić information content (AvgIpc) is 2.89. The quantitative estimate of drug-likeness (QED) is 0.611. The molecular weight excluding hydrogens is 238 g/mol. The third-order valence-electron chi connectivity index (χ3n) is 3.22. The lowest BCUT2D eigenvalue weighted by Crippen LogP contribution is -2.31. The summed E-state index contributed by atoms with van der Waals surface area (Å²) in [6.45, 7) is 5.04. The fourth-order valence-electron chi connectivity index (χ4n) is 2.17. The van der Waals surface area contributed by atoms with Crippen molar-refractivity contribution < 1.29 is 0 Å². The van der Waals surface area contributed by atoms with Gasteiger partial charge in [-0.25, -0.2) is 0 Å². The Kier molecular flexibility index (Phi) is 4.65. The summed E-state index contributed by atoms with van der Waals surface area (Å²) in [5, 5.41) is 4.56. The number of nitrogens with two attached hydrogens (primary N) is 1. The van der Waals surface area contributed by atoms with E-state index in [1.54, 1.807) is 6.20 Å². The maximum absolute atomic E-state index is 5.71. The lowest BCUT2D eigenvalue weighted by molar-refractivity contribution is 0.486. The molecule has 0 aliphatic rings. The van der Waals surface area contributed by atoms with Crippen LogP contribution in [0.15, 0.2) is 30.5 Å². The van der Waals surface area contributed by atoms with Crippen LogP contribution < -0.4 is 11.3 Å². The van der Waals surface area contributed by atoms with Crippen molar-refractivity contribution in [3.8, 4) is 0 Å². The van der Waals surface area contributed by atoms with E-state index in [2.05, 4.69) is 35.4 Å². The standard InChI is InChI=1S/C14H21N5/c1-3-11-10-14(19(4-2)18-11)13(17-15)9-12-7-5-6-8-16-12/h5-8,10,13,17H,3-4,9,15H2,1-2H3. The van der Waals surface area contributed by atoms with Gasteiger partial charge in [-0.1, -0.05) is 13.0 Å². The van der Waals surface area contributed by atoms with Crippen LogP contribution in [-0.4, -0.2) is 14.8 Å². The number of nitrogens with zero attached hydrogens (tertiary/aromatic N) is 3. The first-order chi connectivity index (χ1) is 9.28. The van der Waals surface area contributed by atoms with E-state index in [1.165, 1.54) is 0 Å². The Morgan fingerprint density at radius 2 is 2.16 bits per heavy atom. The van der Waals surface area contributed by atoms with Crippen LogP contribution in [0.1, 0.15) is 37.0 Å². The zero-order valence-corrected chi connectivity index (χ0v) is 11.5. The van der Waals surface area contributed by atoms with Gasteiger partial charge in [-0.2, -0.15) is 5.10 Å². The Hall–Kier alpha value is -1.72. The van der Waals surface area contributed by atoms with Gasteiger partial charge in [0, 0.05) is 24.9 Å². The van der Waals surface area contributed by atoms with Gasteiger partial charge in [0.25, 0.3) is 0 Å². The molecule has 1 unspecified atom stereocenters. The number of nitrogens with one attached hydrogen (secondary N) is 1. The first-order valence-electron chi connectivity index (χ1n) is 6.71. The molecule has 5 heteroatoms. The largest absolute Gasteiger partial charge is 0.271 e. The van der Waals surface area contributed by atoms with E-state index in [0.717, 1.165) is 36.5 Å². The van der Waals surface area contributed by atoms with Crippen molar-refractivity contribution in [1.82, 2.24) is 20.2 Å². The molecule has 0 saturated heterocycles. The average molecular weight is 259 g/mol. The molecule has 0 aliphatic heterocycles. The number of hydrogen-bond acceptors (Lipinski definition) is 4. The molecule has 0 radical (unpaired) electrons. The van der Waals surface area contributed by atoms with Gasteiger partial charge in [-0.15, -0.1) is 0 Å². The Morgan fingerprint density at radius 1 is 1.32 bits per heavy atom. The van der Waals surface area contributed by atoms with Crippen molar-refractivity contribution in [3.63, 3.8) is 0 Å². The highest BCUT2D eigenvalue weighted by atomic mass is 15.3. The van der Waals surface area contributed by atoms with Crippen LogP contribution in [0.4, 0.5) is 0 Å². The fourth-order valence-corrected chi connectivity index (χ4v) is 2.17. The van der Waals surface area contributed by atoms with Crippen molar-refractivity contribution in [2.45, 2.75) is 39.3 Å². The van der Waals surface area contributed by atoms with Gasteiger partial charge < -0.3 is 0 Å². The van der Waals surface area contributed by atoms with E-state index in [1.807, 2.05) is 22.9 Å². The summed E-state index contributed by atoms with van der Waals surface area (Å²) in [5.74, 6) is 5.71. The molecule has 0 fully saturated rings. The van der Waals surface area contributed by atoms with Gasteiger partial charge >= 0.3 is 0 Å². The van der Waals surface area contributed by atoms with Crippen LogP contribution in [0, 0.1) is 0 Å². The number of rotatable bonds is 6. The van der Waals surface area contributed by atoms with Crippen LogP contribution in [0.2, 0.25) is 0 Å². The summed E-state index contributed by atoms with van der Waals surface area (Å²) in [4.78, 5) is 4.35. The second-order valence-corrected chi connectivity index (χ2v) is 4.47. The molecule has 5 nitrogen and oxygen atoms in total. The van der Waals surface area contributed by atoms with Gasteiger partial charge in [0.1, 0.15) is 0 Å². The molecule has 3 N–H and O–H groups in total. The summed E-state index contributed by atoms with van der Waals surface area (Å²) < 4.78 is 2.01. The van der Waals surface area contributed by atoms with E-state index in [4.69, 9.17) is 5.84 Å². The minimum Gasteiger partial charge on any atom is -0.271 e. The normalized spacial score (nSPS) is 12.6. The van der Waals surface area contributed by atoms with Crippen LogP contribution in [-0.2, 0) is 19.4 Å². The van der Waals surface area contributed by atoms with Crippen LogP contribution in [0.3, 0.4) is 0 Å². The minimum absolute atomic E-state index is 0.0302. The van der Waals surface area contributed by atoms with E-state index in [-0.39, 0.29) is 6.04 Å². The predicted molar refractivity (Wildman–Crippen MR) is 75.3 cm³/mol. The van der Waals surface area contributed by atoms with Crippen LogP contribution in [0.25, 0.3) is 0 Å². The maximum atomic E-state index is 5.71. The highest BCUT2D eigenvalue weighted by Crippen LogP contribution is 2.18. The van der Waals surface area contributed by atoms with Crippen molar-refractivity contribution in [2.24, 2.45) is 5.84 Å². The first kappa shape index (κ1) is 13.7. The van der Waals surface area contributed by atoms with Crippen LogP contribution >= 0.6 is 0 Å². The molecule has 2 rings (SSSR count). The van der Waals surface area contributed by atoms with Gasteiger partial charge in [-0.3, -0.25) is 20.9 Å². The molecule has 2 aromatic heterocycles. The zero-order chi connectivity index (χ0) is 13.7.